The minimum atomic E-state index is -0.289. The second-order valence-corrected chi connectivity index (χ2v) is 7.44. The summed E-state index contributed by atoms with van der Waals surface area (Å²) in [5, 5.41) is 4.80. The van der Waals surface area contributed by atoms with Gasteiger partial charge in [0.05, 0.1) is 19.0 Å². The minimum Gasteiger partial charge on any atom is -0.492 e. The summed E-state index contributed by atoms with van der Waals surface area (Å²) in [5.41, 5.74) is 2.30. The molecule has 5 nitrogen and oxygen atoms in total. The summed E-state index contributed by atoms with van der Waals surface area (Å²) in [7, 11) is 1.76. The predicted octanol–water partition coefficient (Wildman–Crippen LogP) is 3.47. The van der Waals surface area contributed by atoms with Crippen molar-refractivity contribution in [2.45, 2.75) is 33.2 Å². The van der Waals surface area contributed by atoms with Crippen LogP contribution in [0.5, 0.6) is 5.75 Å². The lowest BCUT2D eigenvalue weighted by Gasteiger charge is -2.22. The van der Waals surface area contributed by atoms with Crippen LogP contribution in [0.2, 0.25) is 0 Å². The SMILES string of the molecule is CC(=O)NC(CC(=O)N(C)CCOc1cc(C)cc(C)c1)c1cccs1. The highest BCUT2D eigenvalue weighted by Crippen LogP contribution is 2.23. The lowest BCUT2D eigenvalue weighted by Crippen LogP contribution is -2.35. The van der Waals surface area contributed by atoms with Gasteiger partial charge in [-0.05, 0) is 48.6 Å². The zero-order valence-electron chi connectivity index (χ0n) is 15.7. The highest BCUT2D eigenvalue weighted by Gasteiger charge is 2.20. The molecule has 2 aromatic rings. The van der Waals surface area contributed by atoms with Crippen LogP contribution in [0.25, 0.3) is 0 Å². The molecule has 1 N–H and O–H groups in total. The van der Waals surface area contributed by atoms with E-state index in [9.17, 15) is 9.59 Å². The number of benzene rings is 1. The van der Waals surface area contributed by atoms with E-state index < -0.39 is 0 Å². The Morgan fingerprint density at radius 2 is 1.92 bits per heavy atom. The molecule has 0 saturated carbocycles. The standard InChI is InChI=1S/C20H26N2O3S/c1-14-10-15(2)12-17(11-14)25-8-7-22(4)20(24)13-18(21-16(3)23)19-6-5-9-26-19/h5-6,9-12,18H,7-8,13H2,1-4H3,(H,21,23). The van der Waals surface area contributed by atoms with Gasteiger partial charge < -0.3 is 15.0 Å². The first-order valence-corrected chi connectivity index (χ1v) is 9.48. The Kier molecular flexibility index (Phi) is 7.21. The largest absolute Gasteiger partial charge is 0.492 e. The molecule has 0 aliphatic rings. The van der Waals surface area contributed by atoms with E-state index in [1.807, 2.05) is 43.5 Å². The highest BCUT2D eigenvalue weighted by molar-refractivity contribution is 7.10. The van der Waals surface area contributed by atoms with Crippen LogP contribution in [0.4, 0.5) is 0 Å². The molecule has 140 valence electrons. The van der Waals surface area contributed by atoms with E-state index in [4.69, 9.17) is 4.74 Å². The molecule has 0 aliphatic heterocycles. The Labute approximate surface area is 159 Å². The molecule has 0 saturated heterocycles. The molecule has 0 spiro atoms. The third-order valence-electron chi connectivity index (χ3n) is 3.96. The lowest BCUT2D eigenvalue weighted by molar-refractivity contribution is -0.131. The average molecular weight is 375 g/mol. The monoisotopic (exact) mass is 374 g/mol. The molecule has 0 fully saturated rings. The van der Waals surface area contributed by atoms with Crippen molar-refractivity contribution in [2.24, 2.45) is 0 Å². The van der Waals surface area contributed by atoms with Gasteiger partial charge in [0.1, 0.15) is 12.4 Å². The van der Waals surface area contributed by atoms with Crippen molar-refractivity contribution < 1.29 is 14.3 Å². The van der Waals surface area contributed by atoms with E-state index in [0.717, 1.165) is 21.8 Å². The molecule has 1 unspecified atom stereocenters. The third kappa shape index (κ3) is 6.19. The van der Waals surface area contributed by atoms with Crippen LogP contribution in [-0.4, -0.2) is 36.9 Å². The summed E-state index contributed by atoms with van der Waals surface area (Å²) in [6.07, 6.45) is 0.236. The van der Waals surface area contributed by atoms with E-state index in [0.29, 0.717) is 13.2 Å². The molecule has 6 heteroatoms. The molecule has 1 aromatic carbocycles. The molecule has 1 atom stereocenters. The molecule has 0 bridgehead atoms. The second kappa shape index (κ2) is 9.38. The van der Waals surface area contributed by atoms with Gasteiger partial charge in [0.25, 0.3) is 0 Å². The summed E-state index contributed by atoms with van der Waals surface area (Å²) in [6, 6.07) is 9.62. The minimum absolute atomic E-state index is 0.0267. The van der Waals surface area contributed by atoms with Gasteiger partial charge >= 0.3 is 0 Å². The maximum Gasteiger partial charge on any atom is 0.224 e. The Hall–Kier alpha value is -2.34. The topological polar surface area (TPSA) is 58.6 Å². The summed E-state index contributed by atoms with van der Waals surface area (Å²) >= 11 is 1.53. The number of thiophene rings is 1. The summed E-state index contributed by atoms with van der Waals surface area (Å²) < 4.78 is 5.77. The molecule has 2 rings (SSSR count). The van der Waals surface area contributed by atoms with Gasteiger partial charge in [-0.25, -0.2) is 0 Å². The van der Waals surface area contributed by atoms with Crippen LogP contribution in [-0.2, 0) is 9.59 Å². The number of rotatable bonds is 8. The maximum atomic E-state index is 12.5. The molecule has 2 amide bonds. The molecule has 0 aliphatic carbocycles. The number of carbonyl (C=O) groups excluding carboxylic acids is 2. The van der Waals surface area contributed by atoms with Gasteiger partial charge in [-0.3, -0.25) is 9.59 Å². The molecular formula is C20H26N2O3S. The Balaban J connectivity index is 1.86. The van der Waals surface area contributed by atoms with Crippen molar-refractivity contribution in [3.8, 4) is 5.75 Å². The quantitative estimate of drug-likeness (QED) is 0.770. The third-order valence-corrected chi connectivity index (χ3v) is 4.95. The van der Waals surface area contributed by atoms with Crippen molar-refractivity contribution in [1.82, 2.24) is 10.2 Å². The number of nitrogens with zero attached hydrogens (tertiary/aromatic N) is 1. The van der Waals surface area contributed by atoms with Crippen molar-refractivity contribution in [3.63, 3.8) is 0 Å². The number of likely N-dealkylation sites (N-methyl/N-ethyl adjacent to an activating group) is 1. The maximum absolute atomic E-state index is 12.5. The Morgan fingerprint density at radius 1 is 1.23 bits per heavy atom. The van der Waals surface area contributed by atoms with Crippen molar-refractivity contribution in [1.29, 1.82) is 0 Å². The predicted molar refractivity (Wildman–Crippen MR) is 105 cm³/mol. The van der Waals surface area contributed by atoms with E-state index in [1.165, 1.54) is 18.3 Å². The first kappa shape index (κ1) is 20.0. The van der Waals surface area contributed by atoms with Gasteiger partial charge in [-0.2, -0.15) is 0 Å². The fraction of sp³-hybridized carbons (Fsp3) is 0.400. The summed E-state index contributed by atoms with van der Waals surface area (Å²) in [6.45, 7) is 6.44. The number of amides is 2. The fourth-order valence-electron chi connectivity index (χ4n) is 2.73. The van der Waals surface area contributed by atoms with E-state index >= 15 is 0 Å². The number of hydrogen-bond acceptors (Lipinski definition) is 4. The van der Waals surface area contributed by atoms with E-state index in [2.05, 4.69) is 11.4 Å². The van der Waals surface area contributed by atoms with Crippen LogP contribution in [0.3, 0.4) is 0 Å². The number of carbonyl (C=O) groups is 2. The van der Waals surface area contributed by atoms with Crippen LogP contribution in [0, 0.1) is 13.8 Å². The zero-order chi connectivity index (χ0) is 19.1. The highest BCUT2D eigenvalue weighted by atomic mass is 32.1. The molecule has 0 radical (unpaired) electrons. The zero-order valence-corrected chi connectivity index (χ0v) is 16.6. The number of aryl methyl sites for hydroxylation is 2. The van der Waals surface area contributed by atoms with Crippen LogP contribution >= 0.6 is 11.3 Å². The molecule has 1 aromatic heterocycles. The van der Waals surface area contributed by atoms with Crippen molar-refractivity contribution in [2.75, 3.05) is 20.2 Å². The van der Waals surface area contributed by atoms with Crippen molar-refractivity contribution in [3.05, 3.63) is 51.7 Å². The average Bonchev–Trinajstić information content (AvgIpc) is 3.07. The lowest BCUT2D eigenvalue weighted by atomic mass is 10.1. The summed E-state index contributed by atoms with van der Waals surface area (Å²) in [5.74, 6) is 0.649. The van der Waals surface area contributed by atoms with Gasteiger partial charge in [0.15, 0.2) is 0 Å². The molecule has 1 heterocycles. The number of ether oxygens (including phenoxy) is 1. The van der Waals surface area contributed by atoms with Crippen LogP contribution < -0.4 is 10.1 Å². The molecule has 26 heavy (non-hydrogen) atoms. The fourth-order valence-corrected chi connectivity index (χ4v) is 3.51. The van der Waals surface area contributed by atoms with Gasteiger partial charge in [-0.15, -0.1) is 11.3 Å². The van der Waals surface area contributed by atoms with Crippen LogP contribution in [0.1, 0.15) is 35.4 Å². The van der Waals surface area contributed by atoms with Crippen molar-refractivity contribution >= 4 is 23.2 Å². The smallest absolute Gasteiger partial charge is 0.224 e. The van der Waals surface area contributed by atoms with Gasteiger partial charge in [0.2, 0.25) is 11.8 Å². The first-order chi connectivity index (χ1) is 12.3. The van der Waals surface area contributed by atoms with E-state index in [1.54, 1.807) is 11.9 Å². The molecular weight excluding hydrogens is 348 g/mol. The van der Waals surface area contributed by atoms with Crippen LogP contribution in [0.15, 0.2) is 35.7 Å². The number of hydrogen-bond donors (Lipinski definition) is 1. The summed E-state index contributed by atoms with van der Waals surface area (Å²) in [4.78, 5) is 26.6. The second-order valence-electron chi connectivity index (χ2n) is 6.46. The normalized spacial score (nSPS) is 11.7. The van der Waals surface area contributed by atoms with E-state index in [-0.39, 0.29) is 24.3 Å². The Morgan fingerprint density at radius 3 is 2.50 bits per heavy atom. The first-order valence-electron chi connectivity index (χ1n) is 8.60. The number of nitrogens with one attached hydrogen (secondary N) is 1. The van der Waals surface area contributed by atoms with Gasteiger partial charge in [0, 0.05) is 18.8 Å². The van der Waals surface area contributed by atoms with Gasteiger partial charge in [-0.1, -0.05) is 12.1 Å². The Bertz CT molecular complexity index is 723.